The summed E-state index contributed by atoms with van der Waals surface area (Å²) in [6.45, 7) is 4.12. The van der Waals surface area contributed by atoms with Crippen molar-refractivity contribution in [1.29, 1.82) is 0 Å². The highest BCUT2D eigenvalue weighted by Crippen LogP contribution is 2.16. The molecule has 0 bridgehead atoms. The lowest BCUT2D eigenvalue weighted by Gasteiger charge is -2.26. The Bertz CT molecular complexity index is 606. The third kappa shape index (κ3) is 5.13. The first-order valence-electron chi connectivity index (χ1n) is 7.21. The van der Waals surface area contributed by atoms with Crippen LogP contribution in [0.4, 0.5) is 4.79 Å². The van der Waals surface area contributed by atoms with Crippen molar-refractivity contribution in [2.75, 3.05) is 0 Å². The summed E-state index contributed by atoms with van der Waals surface area (Å²) in [7, 11) is 0. The van der Waals surface area contributed by atoms with E-state index in [1.165, 1.54) is 0 Å². The minimum absolute atomic E-state index is 0.233. The molecule has 0 atom stereocenters. The number of phenols is 1. The van der Waals surface area contributed by atoms with Gasteiger partial charge in [0.2, 0.25) is 0 Å². The summed E-state index contributed by atoms with van der Waals surface area (Å²) in [5, 5.41) is 12.2. The maximum atomic E-state index is 11.9. The van der Waals surface area contributed by atoms with E-state index in [2.05, 4.69) is 5.32 Å². The van der Waals surface area contributed by atoms with Crippen LogP contribution >= 0.6 is 0 Å². The Balaban J connectivity index is 1.85. The van der Waals surface area contributed by atoms with Gasteiger partial charge in [0.15, 0.2) is 0 Å². The number of carbonyl (C=O) groups excluding carboxylic acids is 1. The standard InChI is InChI=1S/C18H21NO3/c1-18(2,12-14-8-10-16(20)11-9-14)19-17(21)22-13-15-6-4-3-5-7-15/h3-11,20H,12-13H2,1-2H3,(H,19,21). The number of alkyl carbamates (subject to hydrolysis) is 1. The summed E-state index contributed by atoms with van der Waals surface area (Å²) in [6.07, 6.45) is 0.209. The van der Waals surface area contributed by atoms with Crippen molar-refractivity contribution < 1.29 is 14.6 Å². The number of rotatable bonds is 5. The summed E-state index contributed by atoms with van der Waals surface area (Å²) in [5.41, 5.74) is 1.55. The van der Waals surface area contributed by atoms with E-state index in [1.807, 2.05) is 56.3 Å². The summed E-state index contributed by atoms with van der Waals surface area (Å²) in [5.74, 6) is 0.233. The van der Waals surface area contributed by atoms with Gasteiger partial charge in [-0.05, 0) is 43.5 Å². The third-order valence-corrected chi connectivity index (χ3v) is 3.24. The molecule has 2 aromatic carbocycles. The molecule has 2 N–H and O–H groups in total. The highest BCUT2D eigenvalue weighted by molar-refractivity contribution is 5.68. The number of hydrogen-bond acceptors (Lipinski definition) is 3. The smallest absolute Gasteiger partial charge is 0.407 e. The Morgan fingerprint density at radius 1 is 1.05 bits per heavy atom. The molecule has 0 spiro atoms. The monoisotopic (exact) mass is 299 g/mol. The number of aromatic hydroxyl groups is 1. The number of nitrogens with one attached hydrogen (secondary N) is 1. The van der Waals surface area contributed by atoms with Crippen LogP contribution in [-0.4, -0.2) is 16.7 Å². The zero-order chi connectivity index (χ0) is 16.0. The van der Waals surface area contributed by atoms with E-state index in [0.717, 1.165) is 11.1 Å². The first-order chi connectivity index (χ1) is 10.4. The van der Waals surface area contributed by atoms with Gasteiger partial charge in [-0.25, -0.2) is 4.79 Å². The number of amides is 1. The first kappa shape index (κ1) is 15.9. The predicted octanol–water partition coefficient (Wildman–Crippen LogP) is 3.64. The summed E-state index contributed by atoms with van der Waals surface area (Å²) in [4.78, 5) is 11.9. The molecule has 0 heterocycles. The Kier molecular flexibility index (Phi) is 5.04. The maximum absolute atomic E-state index is 11.9. The van der Waals surface area contributed by atoms with Crippen LogP contribution in [0.5, 0.6) is 5.75 Å². The average molecular weight is 299 g/mol. The van der Waals surface area contributed by atoms with Gasteiger partial charge < -0.3 is 15.2 Å². The number of carbonyl (C=O) groups is 1. The Hall–Kier alpha value is -2.49. The largest absolute Gasteiger partial charge is 0.508 e. The Morgan fingerprint density at radius 2 is 1.68 bits per heavy atom. The molecule has 0 aliphatic heterocycles. The van der Waals surface area contributed by atoms with Crippen molar-refractivity contribution in [3.8, 4) is 5.75 Å². The predicted molar refractivity (Wildman–Crippen MR) is 85.7 cm³/mol. The second-order valence-corrected chi connectivity index (χ2v) is 5.91. The molecule has 0 radical (unpaired) electrons. The number of hydrogen-bond donors (Lipinski definition) is 2. The minimum atomic E-state index is -0.440. The second kappa shape index (κ2) is 6.98. The van der Waals surface area contributed by atoms with E-state index in [9.17, 15) is 9.90 Å². The number of phenolic OH excluding ortho intramolecular Hbond substituents is 1. The van der Waals surface area contributed by atoms with Gasteiger partial charge in [-0.2, -0.15) is 0 Å². The van der Waals surface area contributed by atoms with Crippen LogP contribution in [0.1, 0.15) is 25.0 Å². The van der Waals surface area contributed by atoms with Crippen LogP contribution in [0, 0.1) is 0 Å². The van der Waals surface area contributed by atoms with E-state index in [1.54, 1.807) is 12.1 Å². The molecule has 2 rings (SSSR count). The van der Waals surface area contributed by atoms with E-state index >= 15 is 0 Å². The number of ether oxygens (including phenoxy) is 1. The molecule has 116 valence electrons. The molecular weight excluding hydrogens is 278 g/mol. The van der Waals surface area contributed by atoms with Crippen molar-refractivity contribution in [2.24, 2.45) is 0 Å². The van der Waals surface area contributed by atoms with E-state index in [-0.39, 0.29) is 12.4 Å². The minimum Gasteiger partial charge on any atom is -0.508 e. The molecule has 2 aromatic rings. The van der Waals surface area contributed by atoms with Crippen molar-refractivity contribution >= 4 is 6.09 Å². The van der Waals surface area contributed by atoms with Gasteiger partial charge in [-0.15, -0.1) is 0 Å². The van der Waals surface area contributed by atoms with Crippen LogP contribution in [0.15, 0.2) is 54.6 Å². The fraction of sp³-hybridized carbons (Fsp3) is 0.278. The molecule has 1 amide bonds. The van der Waals surface area contributed by atoms with Gasteiger partial charge in [0, 0.05) is 5.54 Å². The van der Waals surface area contributed by atoms with Crippen molar-refractivity contribution in [3.05, 3.63) is 65.7 Å². The van der Waals surface area contributed by atoms with Gasteiger partial charge in [-0.3, -0.25) is 0 Å². The summed E-state index contributed by atoms with van der Waals surface area (Å²) >= 11 is 0. The molecule has 0 aliphatic rings. The fourth-order valence-corrected chi connectivity index (χ4v) is 2.20. The molecular formula is C18H21NO3. The highest BCUT2D eigenvalue weighted by Gasteiger charge is 2.21. The van der Waals surface area contributed by atoms with Crippen LogP contribution in [0.3, 0.4) is 0 Å². The van der Waals surface area contributed by atoms with Gasteiger partial charge in [0.25, 0.3) is 0 Å². The third-order valence-electron chi connectivity index (χ3n) is 3.24. The Labute approximate surface area is 130 Å². The SMILES string of the molecule is CC(C)(Cc1ccc(O)cc1)NC(=O)OCc1ccccc1. The van der Waals surface area contributed by atoms with E-state index in [4.69, 9.17) is 4.74 Å². The topological polar surface area (TPSA) is 58.6 Å². The van der Waals surface area contributed by atoms with Crippen molar-refractivity contribution in [3.63, 3.8) is 0 Å². The molecule has 4 nitrogen and oxygen atoms in total. The zero-order valence-electron chi connectivity index (χ0n) is 12.9. The van der Waals surface area contributed by atoms with Gasteiger partial charge in [-0.1, -0.05) is 42.5 Å². The van der Waals surface area contributed by atoms with Crippen LogP contribution in [0.2, 0.25) is 0 Å². The van der Waals surface area contributed by atoms with Gasteiger partial charge in [0.05, 0.1) is 0 Å². The normalized spacial score (nSPS) is 11.0. The number of benzene rings is 2. The molecule has 0 saturated heterocycles. The lowest BCUT2D eigenvalue weighted by molar-refractivity contribution is 0.129. The average Bonchev–Trinajstić information content (AvgIpc) is 2.48. The first-order valence-corrected chi connectivity index (χ1v) is 7.21. The van der Waals surface area contributed by atoms with E-state index in [0.29, 0.717) is 6.42 Å². The fourth-order valence-electron chi connectivity index (χ4n) is 2.20. The van der Waals surface area contributed by atoms with Crippen LogP contribution in [0.25, 0.3) is 0 Å². The quantitative estimate of drug-likeness (QED) is 0.886. The van der Waals surface area contributed by atoms with Crippen LogP contribution in [-0.2, 0) is 17.8 Å². The second-order valence-electron chi connectivity index (χ2n) is 5.91. The maximum Gasteiger partial charge on any atom is 0.407 e. The summed E-state index contributed by atoms with van der Waals surface area (Å²) in [6, 6.07) is 16.5. The molecule has 4 heteroatoms. The zero-order valence-corrected chi connectivity index (χ0v) is 12.9. The Morgan fingerprint density at radius 3 is 2.32 bits per heavy atom. The molecule has 0 saturated carbocycles. The molecule has 22 heavy (non-hydrogen) atoms. The van der Waals surface area contributed by atoms with Crippen molar-refractivity contribution in [1.82, 2.24) is 5.32 Å². The molecule has 0 aliphatic carbocycles. The van der Waals surface area contributed by atoms with Gasteiger partial charge in [0.1, 0.15) is 12.4 Å². The molecule has 0 unspecified atom stereocenters. The highest BCUT2D eigenvalue weighted by atomic mass is 16.5. The lowest BCUT2D eigenvalue weighted by atomic mass is 9.95. The molecule has 0 fully saturated rings. The van der Waals surface area contributed by atoms with E-state index < -0.39 is 11.6 Å². The lowest BCUT2D eigenvalue weighted by Crippen LogP contribution is -2.45. The van der Waals surface area contributed by atoms with Crippen LogP contribution < -0.4 is 5.32 Å². The van der Waals surface area contributed by atoms with Gasteiger partial charge >= 0.3 is 6.09 Å². The summed E-state index contributed by atoms with van der Waals surface area (Å²) < 4.78 is 5.23. The molecule has 0 aromatic heterocycles. The van der Waals surface area contributed by atoms with Crippen molar-refractivity contribution in [2.45, 2.75) is 32.4 Å².